The lowest BCUT2D eigenvalue weighted by Gasteiger charge is -2.03. The molecule has 0 aromatic heterocycles. The number of nitrogens with zero attached hydrogens (tertiary/aromatic N) is 1. The Morgan fingerprint density at radius 3 is 2.75 bits per heavy atom. The van der Waals surface area contributed by atoms with E-state index in [1.54, 1.807) is 18.2 Å². The molecule has 6 heteroatoms. The van der Waals surface area contributed by atoms with Crippen molar-refractivity contribution in [2.24, 2.45) is 0 Å². The summed E-state index contributed by atoms with van der Waals surface area (Å²) in [6.45, 7) is 0.262. The second-order valence-corrected chi connectivity index (χ2v) is 3.21. The van der Waals surface area contributed by atoms with Crippen LogP contribution in [0.15, 0.2) is 24.3 Å². The van der Waals surface area contributed by atoms with Crippen LogP contribution in [0.1, 0.15) is 5.56 Å². The molecule has 0 fully saturated rings. The van der Waals surface area contributed by atoms with Crippen molar-refractivity contribution in [2.75, 3.05) is 13.1 Å². The Bertz CT molecular complexity index is 392. The molecule has 1 aromatic carbocycles. The molecule has 1 aromatic rings. The predicted octanol–water partition coefficient (Wildman–Crippen LogP) is 0.811. The van der Waals surface area contributed by atoms with Gasteiger partial charge in [0.15, 0.2) is 0 Å². The maximum Gasteiger partial charge on any atom is 0.317 e. The summed E-state index contributed by atoms with van der Waals surface area (Å²) in [6.07, 6.45) is 0.435. The zero-order valence-electron chi connectivity index (χ0n) is 8.55. The zero-order valence-corrected chi connectivity index (χ0v) is 8.55. The van der Waals surface area contributed by atoms with Crippen LogP contribution in [0.5, 0.6) is 0 Å². The number of para-hydroxylation sites is 1. The topological polar surface area (TPSA) is 92.5 Å². The minimum absolute atomic E-state index is 0.0691. The largest absolute Gasteiger partial charge is 0.480 e. The summed E-state index contributed by atoms with van der Waals surface area (Å²) >= 11 is 0. The lowest BCUT2D eigenvalue weighted by Crippen LogP contribution is -2.24. The van der Waals surface area contributed by atoms with Gasteiger partial charge in [0.25, 0.3) is 5.69 Å². The fraction of sp³-hybridized carbons (Fsp3) is 0.300. The van der Waals surface area contributed by atoms with Crippen LogP contribution >= 0.6 is 0 Å². The quantitative estimate of drug-likeness (QED) is 0.424. The van der Waals surface area contributed by atoms with Gasteiger partial charge in [-0.25, -0.2) is 0 Å². The first-order valence-corrected chi connectivity index (χ1v) is 4.76. The molecule has 0 amide bonds. The Labute approximate surface area is 92.0 Å². The van der Waals surface area contributed by atoms with E-state index in [4.69, 9.17) is 5.11 Å². The molecule has 0 spiro atoms. The van der Waals surface area contributed by atoms with Crippen molar-refractivity contribution in [1.82, 2.24) is 5.32 Å². The first-order chi connectivity index (χ1) is 7.61. The summed E-state index contributed by atoms with van der Waals surface area (Å²) in [5.74, 6) is -0.942. The Hall–Kier alpha value is -1.95. The second-order valence-electron chi connectivity index (χ2n) is 3.21. The van der Waals surface area contributed by atoms with Crippen molar-refractivity contribution in [3.63, 3.8) is 0 Å². The molecule has 0 aliphatic carbocycles. The van der Waals surface area contributed by atoms with Gasteiger partial charge in [-0.15, -0.1) is 0 Å². The van der Waals surface area contributed by atoms with Gasteiger partial charge in [-0.05, 0) is 13.0 Å². The Balaban J connectivity index is 2.53. The highest BCUT2D eigenvalue weighted by Crippen LogP contribution is 2.17. The highest BCUT2D eigenvalue weighted by Gasteiger charge is 2.11. The van der Waals surface area contributed by atoms with Gasteiger partial charge in [0.05, 0.1) is 11.5 Å². The van der Waals surface area contributed by atoms with Crippen LogP contribution in [0, 0.1) is 10.1 Å². The van der Waals surface area contributed by atoms with E-state index in [0.717, 1.165) is 0 Å². The number of hydrogen-bond acceptors (Lipinski definition) is 4. The molecule has 0 saturated heterocycles. The average molecular weight is 224 g/mol. The third-order valence-electron chi connectivity index (χ3n) is 2.04. The maximum atomic E-state index is 10.7. The number of nitro groups is 1. The Kier molecular flexibility index (Phi) is 4.41. The number of carboxylic acid groups (broad SMARTS) is 1. The number of rotatable bonds is 6. The number of carboxylic acids is 1. The van der Waals surface area contributed by atoms with E-state index in [-0.39, 0.29) is 12.2 Å². The molecule has 2 N–H and O–H groups in total. The van der Waals surface area contributed by atoms with E-state index in [1.807, 2.05) is 0 Å². The molecular formula is C10H12N2O4. The van der Waals surface area contributed by atoms with Crippen LogP contribution in [0.25, 0.3) is 0 Å². The lowest BCUT2D eigenvalue weighted by molar-refractivity contribution is -0.385. The third kappa shape index (κ3) is 3.66. The summed E-state index contributed by atoms with van der Waals surface area (Å²) in [5.41, 5.74) is 0.671. The molecule has 86 valence electrons. The number of benzene rings is 1. The monoisotopic (exact) mass is 224 g/mol. The normalized spacial score (nSPS) is 10.0. The van der Waals surface area contributed by atoms with E-state index in [2.05, 4.69) is 5.32 Å². The van der Waals surface area contributed by atoms with Crippen molar-refractivity contribution < 1.29 is 14.8 Å². The maximum absolute atomic E-state index is 10.7. The molecular weight excluding hydrogens is 212 g/mol. The third-order valence-corrected chi connectivity index (χ3v) is 2.04. The average Bonchev–Trinajstić information content (AvgIpc) is 2.24. The second kappa shape index (κ2) is 5.82. The van der Waals surface area contributed by atoms with E-state index < -0.39 is 10.9 Å². The van der Waals surface area contributed by atoms with Crippen LogP contribution in [-0.4, -0.2) is 29.1 Å². The number of nitro benzene ring substituents is 1. The van der Waals surface area contributed by atoms with Crippen LogP contribution < -0.4 is 5.32 Å². The number of aliphatic carboxylic acids is 1. The van der Waals surface area contributed by atoms with Crippen molar-refractivity contribution in [3.05, 3.63) is 39.9 Å². The SMILES string of the molecule is O=C(O)CNCCc1ccccc1[N+](=O)[O-]. The molecule has 0 radical (unpaired) electrons. The molecule has 0 atom stereocenters. The number of carbonyl (C=O) groups is 1. The van der Waals surface area contributed by atoms with E-state index in [1.165, 1.54) is 6.07 Å². The van der Waals surface area contributed by atoms with Gasteiger partial charge in [-0.3, -0.25) is 14.9 Å². The van der Waals surface area contributed by atoms with Gasteiger partial charge >= 0.3 is 5.97 Å². The van der Waals surface area contributed by atoms with Crippen LogP contribution in [0.4, 0.5) is 5.69 Å². The molecule has 0 heterocycles. The molecule has 0 aliphatic heterocycles. The van der Waals surface area contributed by atoms with Gasteiger partial charge in [0.1, 0.15) is 0 Å². The summed E-state index contributed by atoms with van der Waals surface area (Å²) in [5, 5.41) is 21.7. The van der Waals surface area contributed by atoms with Crippen molar-refractivity contribution >= 4 is 11.7 Å². The molecule has 0 saturated carbocycles. The van der Waals surface area contributed by atoms with Gasteiger partial charge in [0.2, 0.25) is 0 Å². The summed E-state index contributed by atoms with van der Waals surface area (Å²) < 4.78 is 0. The number of nitrogens with one attached hydrogen (secondary N) is 1. The first-order valence-electron chi connectivity index (χ1n) is 4.76. The standard InChI is InChI=1S/C10H12N2O4/c13-10(14)7-11-6-5-8-3-1-2-4-9(8)12(15)16/h1-4,11H,5-7H2,(H,13,14). The molecule has 6 nitrogen and oxygen atoms in total. The fourth-order valence-corrected chi connectivity index (χ4v) is 1.32. The Morgan fingerprint density at radius 2 is 2.12 bits per heavy atom. The molecule has 0 aliphatic rings. The van der Waals surface area contributed by atoms with Gasteiger partial charge in [-0.2, -0.15) is 0 Å². The highest BCUT2D eigenvalue weighted by molar-refractivity contribution is 5.68. The molecule has 1 rings (SSSR count). The van der Waals surface area contributed by atoms with E-state index in [9.17, 15) is 14.9 Å². The predicted molar refractivity (Wildman–Crippen MR) is 57.3 cm³/mol. The first kappa shape index (κ1) is 12.1. The van der Waals surface area contributed by atoms with Crippen LogP contribution in [0.3, 0.4) is 0 Å². The van der Waals surface area contributed by atoms with Gasteiger partial charge < -0.3 is 10.4 Å². The molecule has 0 bridgehead atoms. The molecule has 16 heavy (non-hydrogen) atoms. The van der Waals surface area contributed by atoms with Crippen LogP contribution in [0.2, 0.25) is 0 Å². The number of hydrogen-bond donors (Lipinski definition) is 2. The summed E-state index contributed by atoms with van der Waals surface area (Å²) in [4.78, 5) is 20.4. The van der Waals surface area contributed by atoms with E-state index >= 15 is 0 Å². The van der Waals surface area contributed by atoms with Gasteiger partial charge in [-0.1, -0.05) is 18.2 Å². The zero-order chi connectivity index (χ0) is 12.0. The lowest BCUT2D eigenvalue weighted by atomic mass is 10.1. The minimum Gasteiger partial charge on any atom is -0.480 e. The van der Waals surface area contributed by atoms with Crippen LogP contribution in [-0.2, 0) is 11.2 Å². The Morgan fingerprint density at radius 1 is 1.44 bits per heavy atom. The van der Waals surface area contributed by atoms with Crippen molar-refractivity contribution in [3.8, 4) is 0 Å². The van der Waals surface area contributed by atoms with Gasteiger partial charge in [0, 0.05) is 11.6 Å². The summed E-state index contributed by atoms with van der Waals surface area (Å²) in [7, 11) is 0. The van der Waals surface area contributed by atoms with Crippen molar-refractivity contribution in [2.45, 2.75) is 6.42 Å². The minimum atomic E-state index is -0.942. The smallest absolute Gasteiger partial charge is 0.317 e. The fourth-order valence-electron chi connectivity index (χ4n) is 1.32. The molecule has 0 unspecified atom stereocenters. The van der Waals surface area contributed by atoms with E-state index in [0.29, 0.717) is 18.5 Å². The van der Waals surface area contributed by atoms with Crippen molar-refractivity contribution in [1.29, 1.82) is 0 Å². The highest BCUT2D eigenvalue weighted by atomic mass is 16.6. The summed E-state index contributed by atoms with van der Waals surface area (Å²) in [6, 6.07) is 6.43.